The van der Waals surface area contributed by atoms with Crippen molar-refractivity contribution in [3.8, 4) is 11.4 Å². The van der Waals surface area contributed by atoms with E-state index in [9.17, 15) is 4.79 Å². The summed E-state index contributed by atoms with van der Waals surface area (Å²) in [6.07, 6.45) is 4.48. The van der Waals surface area contributed by atoms with Crippen molar-refractivity contribution in [1.29, 1.82) is 0 Å². The maximum absolute atomic E-state index is 10.7. The summed E-state index contributed by atoms with van der Waals surface area (Å²) in [5.41, 5.74) is 6.09. The van der Waals surface area contributed by atoms with E-state index >= 15 is 0 Å². The molecule has 0 aliphatic rings. The molecule has 0 atom stereocenters. The van der Waals surface area contributed by atoms with Gasteiger partial charge in [0, 0.05) is 19.4 Å². The van der Waals surface area contributed by atoms with E-state index in [0.29, 0.717) is 11.4 Å². The van der Waals surface area contributed by atoms with Gasteiger partial charge in [-0.1, -0.05) is 0 Å². The molecule has 0 aromatic carbocycles. The molecule has 0 radical (unpaired) electrons. The zero-order chi connectivity index (χ0) is 11.7. The van der Waals surface area contributed by atoms with E-state index in [4.69, 9.17) is 10.8 Å². The fourth-order valence-electron chi connectivity index (χ4n) is 1.24. The van der Waals surface area contributed by atoms with Crippen molar-refractivity contribution in [2.75, 3.05) is 5.73 Å². The van der Waals surface area contributed by atoms with Gasteiger partial charge in [-0.2, -0.15) is 5.10 Å². The fraction of sp³-hybridized carbons (Fsp3) is 0.111. The minimum Gasteiger partial charge on any atom is -0.477 e. The Morgan fingerprint density at radius 1 is 1.50 bits per heavy atom. The number of hydrogen-bond acceptors (Lipinski definition) is 5. The molecule has 0 saturated heterocycles. The normalized spacial score (nSPS) is 10.3. The number of anilines is 1. The van der Waals surface area contributed by atoms with Gasteiger partial charge in [-0.05, 0) is 0 Å². The van der Waals surface area contributed by atoms with Crippen LogP contribution in [0.3, 0.4) is 0 Å². The third-order valence-electron chi connectivity index (χ3n) is 2.01. The van der Waals surface area contributed by atoms with E-state index in [1.54, 1.807) is 24.1 Å². The zero-order valence-electron chi connectivity index (χ0n) is 8.45. The van der Waals surface area contributed by atoms with Gasteiger partial charge >= 0.3 is 5.97 Å². The van der Waals surface area contributed by atoms with E-state index in [0.717, 1.165) is 0 Å². The average Bonchev–Trinajstić information content (AvgIpc) is 2.64. The van der Waals surface area contributed by atoms with Gasteiger partial charge in [0.2, 0.25) is 0 Å². The second kappa shape index (κ2) is 3.61. The highest BCUT2D eigenvalue weighted by molar-refractivity contribution is 5.92. The minimum atomic E-state index is -1.14. The van der Waals surface area contributed by atoms with Crippen molar-refractivity contribution in [2.24, 2.45) is 7.05 Å². The van der Waals surface area contributed by atoms with Gasteiger partial charge in [-0.25, -0.2) is 14.8 Å². The van der Waals surface area contributed by atoms with Gasteiger partial charge in [0.25, 0.3) is 0 Å². The first-order chi connectivity index (χ1) is 7.58. The summed E-state index contributed by atoms with van der Waals surface area (Å²) in [6.45, 7) is 0. The highest BCUT2D eigenvalue weighted by atomic mass is 16.4. The number of aromatic nitrogens is 4. The molecule has 2 rings (SSSR count). The summed E-state index contributed by atoms with van der Waals surface area (Å²) < 4.78 is 1.60. The highest BCUT2D eigenvalue weighted by Crippen LogP contribution is 2.16. The predicted molar refractivity (Wildman–Crippen MR) is 55.6 cm³/mol. The molecule has 0 amide bonds. The summed E-state index contributed by atoms with van der Waals surface area (Å²) in [5.74, 6) is -0.841. The number of aryl methyl sites for hydroxylation is 1. The third kappa shape index (κ3) is 1.70. The standard InChI is InChI=1S/C9H9N5O2/c1-14-4-5(2-12-14)8-11-3-6(9(15)16)7(10)13-8/h2-4H,1H3,(H,15,16)(H2,10,11,13). The number of nitrogens with two attached hydrogens (primary N) is 1. The first kappa shape index (κ1) is 10.1. The number of carbonyl (C=O) groups is 1. The van der Waals surface area contributed by atoms with Crippen LogP contribution in [0.2, 0.25) is 0 Å². The van der Waals surface area contributed by atoms with Gasteiger partial charge < -0.3 is 10.8 Å². The van der Waals surface area contributed by atoms with Crippen LogP contribution >= 0.6 is 0 Å². The maximum Gasteiger partial charge on any atom is 0.341 e. The van der Waals surface area contributed by atoms with Gasteiger partial charge in [-0.3, -0.25) is 4.68 Å². The van der Waals surface area contributed by atoms with Crippen molar-refractivity contribution < 1.29 is 9.90 Å². The number of nitrogen functional groups attached to an aromatic ring is 1. The summed E-state index contributed by atoms with van der Waals surface area (Å²) >= 11 is 0. The zero-order valence-corrected chi connectivity index (χ0v) is 8.45. The quantitative estimate of drug-likeness (QED) is 0.744. The summed E-state index contributed by atoms with van der Waals surface area (Å²) in [6, 6.07) is 0. The Labute approximate surface area is 90.6 Å². The van der Waals surface area contributed by atoms with Crippen molar-refractivity contribution in [3.63, 3.8) is 0 Å². The average molecular weight is 219 g/mol. The molecule has 3 N–H and O–H groups in total. The molecule has 0 fully saturated rings. The monoisotopic (exact) mass is 219 g/mol. The molecule has 2 aromatic rings. The molecular weight excluding hydrogens is 210 g/mol. The van der Waals surface area contributed by atoms with Crippen LogP contribution in [0.4, 0.5) is 5.82 Å². The van der Waals surface area contributed by atoms with Crippen LogP contribution < -0.4 is 5.73 Å². The SMILES string of the molecule is Cn1cc(-c2ncc(C(=O)O)c(N)n2)cn1. The second-order valence-corrected chi connectivity index (χ2v) is 3.20. The molecule has 0 spiro atoms. The lowest BCUT2D eigenvalue weighted by molar-refractivity contribution is 0.0697. The lowest BCUT2D eigenvalue weighted by Gasteiger charge is -2.00. The molecule has 7 nitrogen and oxygen atoms in total. The molecular formula is C9H9N5O2. The van der Waals surface area contributed by atoms with Crippen LogP contribution in [0, 0.1) is 0 Å². The number of carboxylic acids is 1. The van der Waals surface area contributed by atoms with Crippen LogP contribution in [0.25, 0.3) is 11.4 Å². The van der Waals surface area contributed by atoms with Crippen LogP contribution in [-0.2, 0) is 7.05 Å². The van der Waals surface area contributed by atoms with Crippen LogP contribution in [0.5, 0.6) is 0 Å². The lowest BCUT2D eigenvalue weighted by Crippen LogP contribution is -2.06. The molecule has 2 aromatic heterocycles. The Morgan fingerprint density at radius 2 is 2.25 bits per heavy atom. The van der Waals surface area contributed by atoms with Gasteiger partial charge in [0.1, 0.15) is 11.4 Å². The topological polar surface area (TPSA) is 107 Å². The van der Waals surface area contributed by atoms with Crippen LogP contribution in [0.1, 0.15) is 10.4 Å². The Bertz CT molecular complexity index is 549. The Balaban J connectivity index is 2.45. The van der Waals surface area contributed by atoms with Gasteiger partial charge in [-0.15, -0.1) is 0 Å². The number of aromatic carboxylic acids is 1. The molecule has 82 valence electrons. The first-order valence-corrected chi connectivity index (χ1v) is 4.43. The van der Waals surface area contributed by atoms with E-state index in [-0.39, 0.29) is 11.4 Å². The van der Waals surface area contributed by atoms with Gasteiger partial charge in [0.15, 0.2) is 5.82 Å². The number of hydrogen-bond donors (Lipinski definition) is 2. The predicted octanol–water partition coefficient (Wildman–Crippen LogP) is 0.158. The number of rotatable bonds is 2. The molecule has 16 heavy (non-hydrogen) atoms. The lowest BCUT2D eigenvalue weighted by atomic mass is 10.3. The van der Waals surface area contributed by atoms with Crippen molar-refractivity contribution >= 4 is 11.8 Å². The van der Waals surface area contributed by atoms with Gasteiger partial charge in [0.05, 0.1) is 11.8 Å². The van der Waals surface area contributed by atoms with Crippen molar-refractivity contribution in [1.82, 2.24) is 19.7 Å². The second-order valence-electron chi connectivity index (χ2n) is 3.20. The molecule has 0 bridgehead atoms. The van der Waals surface area contributed by atoms with Crippen molar-refractivity contribution in [3.05, 3.63) is 24.2 Å². The third-order valence-corrected chi connectivity index (χ3v) is 2.01. The smallest absolute Gasteiger partial charge is 0.341 e. The molecule has 0 aliphatic heterocycles. The van der Waals surface area contributed by atoms with Crippen LogP contribution in [0.15, 0.2) is 18.6 Å². The summed E-state index contributed by atoms with van der Waals surface area (Å²) in [7, 11) is 1.76. The van der Waals surface area contributed by atoms with Crippen LogP contribution in [-0.4, -0.2) is 30.8 Å². The Kier molecular flexibility index (Phi) is 2.28. The summed E-state index contributed by atoms with van der Waals surface area (Å²) in [4.78, 5) is 18.5. The minimum absolute atomic E-state index is 0.0543. The fourth-order valence-corrected chi connectivity index (χ4v) is 1.24. The van der Waals surface area contributed by atoms with E-state index in [2.05, 4.69) is 15.1 Å². The molecule has 0 saturated carbocycles. The summed E-state index contributed by atoms with van der Waals surface area (Å²) in [5, 5.41) is 12.7. The van der Waals surface area contributed by atoms with Crippen molar-refractivity contribution in [2.45, 2.75) is 0 Å². The first-order valence-electron chi connectivity index (χ1n) is 4.43. The number of nitrogens with zero attached hydrogens (tertiary/aromatic N) is 4. The highest BCUT2D eigenvalue weighted by Gasteiger charge is 2.12. The largest absolute Gasteiger partial charge is 0.477 e. The Morgan fingerprint density at radius 3 is 2.75 bits per heavy atom. The maximum atomic E-state index is 10.7. The van der Waals surface area contributed by atoms with E-state index < -0.39 is 5.97 Å². The Hall–Kier alpha value is -2.44. The van der Waals surface area contributed by atoms with E-state index in [1.165, 1.54) is 6.20 Å². The van der Waals surface area contributed by atoms with E-state index in [1.807, 2.05) is 0 Å². The molecule has 2 heterocycles. The molecule has 0 unspecified atom stereocenters. The number of carboxylic acid groups (broad SMARTS) is 1. The molecule has 0 aliphatic carbocycles. The molecule has 7 heteroatoms.